The number of hydrogen-bond acceptors (Lipinski definition) is 6. The SMILES string of the molecule is O=C(Nc1cccc2cccnc12)c1c(-c2csc(-c3ccccc3)c2C(=O)Nc2cccc3cccnc23)csc1-c1ccccc1. The highest BCUT2D eigenvalue weighted by molar-refractivity contribution is 7.15. The third kappa shape index (κ3) is 5.43. The van der Waals surface area contributed by atoms with Crippen molar-refractivity contribution in [1.82, 2.24) is 9.97 Å². The average molecular weight is 659 g/mol. The lowest BCUT2D eigenvalue weighted by atomic mass is 9.96. The van der Waals surface area contributed by atoms with E-state index < -0.39 is 0 Å². The molecule has 230 valence electrons. The van der Waals surface area contributed by atoms with Gasteiger partial charge in [-0.15, -0.1) is 22.7 Å². The van der Waals surface area contributed by atoms with Gasteiger partial charge in [0.1, 0.15) is 0 Å². The molecule has 0 bridgehead atoms. The van der Waals surface area contributed by atoms with Gasteiger partial charge in [-0.2, -0.15) is 0 Å². The molecule has 0 saturated heterocycles. The maximum absolute atomic E-state index is 14.5. The van der Waals surface area contributed by atoms with Crippen LogP contribution in [0.4, 0.5) is 11.4 Å². The zero-order valence-electron chi connectivity index (χ0n) is 25.4. The van der Waals surface area contributed by atoms with Crippen molar-refractivity contribution in [3.8, 4) is 32.0 Å². The molecule has 4 aromatic carbocycles. The van der Waals surface area contributed by atoms with Crippen molar-refractivity contribution in [3.63, 3.8) is 0 Å². The quantitative estimate of drug-likeness (QED) is 0.178. The Morgan fingerprint density at radius 3 is 1.33 bits per heavy atom. The van der Waals surface area contributed by atoms with E-state index >= 15 is 0 Å². The monoisotopic (exact) mass is 658 g/mol. The lowest BCUT2D eigenvalue weighted by Gasteiger charge is -2.13. The third-order valence-corrected chi connectivity index (χ3v) is 10.2. The van der Waals surface area contributed by atoms with Crippen molar-refractivity contribution in [2.75, 3.05) is 10.6 Å². The minimum Gasteiger partial charge on any atom is -0.320 e. The van der Waals surface area contributed by atoms with Crippen molar-refractivity contribution >= 4 is 67.7 Å². The molecule has 0 aliphatic carbocycles. The summed E-state index contributed by atoms with van der Waals surface area (Å²) in [5.41, 5.74) is 6.84. The maximum atomic E-state index is 14.5. The van der Waals surface area contributed by atoms with Gasteiger partial charge in [0.25, 0.3) is 11.8 Å². The Hall–Kier alpha value is -5.96. The van der Waals surface area contributed by atoms with Gasteiger partial charge in [-0.05, 0) is 35.4 Å². The number of nitrogens with zero attached hydrogens (tertiary/aromatic N) is 2. The van der Waals surface area contributed by atoms with Gasteiger partial charge >= 0.3 is 0 Å². The van der Waals surface area contributed by atoms with Crippen molar-refractivity contribution < 1.29 is 9.59 Å². The van der Waals surface area contributed by atoms with E-state index in [1.807, 2.05) is 132 Å². The number of thiophene rings is 2. The summed E-state index contributed by atoms with van der Waals surface area (Å²) < 4.78 is 0. The molecular formula is C40H26N4O2S2. The Balaban J connectivity index is 1.29. The van der Waals surface area contributed by atoms with E-state index in [0.29, 0.717) is 44.7 Å². The fraction of sp³-hybridized carbons (Fsp3) is 0. The maximum Gasteiger partial charge on any atom is 0.257 e. The summed E-state index contributed by atoms with van der Waals surface area (Å²) in [5.74, 6) is -0.555. The lowest BCUT2D eigenvalue weighted by molar-refractivity contribution is 0.101. The van der Waals surface area contributed by atoms with Crippen LogP contribution in [0.3, 0.4) is 0 Å². The van der Waals surface area contributed by atoms with Crippen LogP contribution in [0.25, 0.3) is 53.8 Å². The molecule has 2 amide bonds. The van der Waals surface area contributed by atoms with Gasteiger partial charge in [0.15, 0.2) is 0 Å². The predicted octanol–water partition coefficient (Wildman–Crippen LogP) is 10.4. The number of hydrogen-bond donors (Lipinski definition) is 2. The molecule has 0 atom stereocenters. The molecule has 0 aliphatic heterocycles. The summed E-state index contributed by atoms with van der Waals surface area (Å²) in [4.78, 5) is 39.6. The molecule has 8 rings (SSSR count). The van der Waals surface area contributed by atoms with E-state index in [1.165, 1.54) is 22.7 Å². The molecule has 0 spiro atoms. The number of rotatable bonds is 7. The molecule has 2 N–H and O–H groups in total. The van der Waals surface area contributed by atoms with Gasteiger partial charge in [-0.25, -0.2) is 0 Å². The summed E-state index contributed by atoms with van der Waals surface area (Å²) in [5, 5.41) is 12.1. The van der Waals surface area contributed by atoms with Crippen LogP contribution in [0.2, 0.25) is 0 Å². The van der Waals surface area contributed by atoms with E-state index in [-0.39, 0.29) is 11.8 Å². The number of nitrogens with one attached hydrogen (secondary N) is 2. The molecule has 4 heterocycles. The first-order valence-corrected chi connectivity index (χ1v) is 17.1. The second-order valence-corrected chi connectivity index (χ2v) is 12.9. The number of para-hydroxylation sites is 2. The molecule has 0 saturated carbocycles. The van der Waals surface area contributed by atoms with Crippen LogP contribution in [-0.2, 0) is 0 Å². The molecular weight excluding hydrogens is 633 g/mol. The predicted molar refractivity (Wildman–Crippen MR) is 198 cm³/mol. The minimum absolute atomic E-state index is 0.277. The minimum atomic E-state index is -0.277. The molecule has 0 aliphatic rings. The Labute approximate surface area is 284 Å². The highest BCUT2D eigenvalue weighted by atomic mass is 32.1. The van der Waals surface area contributed by atoms with Crippen molar-refractivity contribution in [3.05, 3.63) is 156 Å². The zero-order chi connectivity index (χ0) is 32.5. The Kier molecular flexibility index (Phi) is 7.78. The van der Waals surface area contributed by atoms with E-state index in [1.54, 1.807) is 12.4 Å². The standard InChI is InChI=1S/C40H26N4O2S2/c45-39(43-31-19-7-15-25-17-9-21-41-35(25)31)33-29(23-47-37(33)27-11-3-1-4-12-27)30-24-48-38(28-13-5-2-6-14-28)34(30)40(46)44-32-20-8-16-26-18-10-22-42-36(26)32/h1-24H,(H,43,45)(H,44,46). The first kappa shape index (κ1) is 29.4. The van der Waals surface area contributed by atoms with Crippen molar-refractivity contribution in [2.45, 2.75) is 0 Å². The van der Waals surface area contributed by atoms with Crippen LogP contribution in [-0.4, -0.2) is 21.8 Å². The fourth-order valence-corrected chi connectivity index (χ4v) is 8.09. The van der Waals surface area contributed by atoms with Crippen LogP contribution in [0.1, 0.15) is 20.7 Å². The van der Waals surface area contributed by atoms with Gasteiger partial charge in [-0.3, -0.25) is 19.6 Å². The lowest BCUT2D eigenvalue weighted by Crippen LogP contribution is -2.16. The van der Waals surface area contributed by atoms with Crippen LogP contribution in [0, 0.1) is 0 Å². The van der Waals surface area contributed by atoms with E-state index in [9.17, 15) is 9.59 Å². The Bertz CT molecular complexity index is 2270. The second kappa shape index (κ2) is 12.7. The smallest absolute Gasteiger partial charge is 0.257 e. The topological polar surface area (TPSA) is 84.0 Å². The van der Waals surface area contributed by atoms with Crippen molar-refractivity contribution in [1.29, 1.82) is 0 Å². The molecule has 0 unspecified atom stereocenters. The van der Waals surface area contributed by atoms with Gasteiger partial charge in [0.2, 0.25) is 0 Å². The zero-order valence-corrected chi connectivity index (χ0v) is 27.0. The summed E-state index contributed by atoms with van der Waals surface area (Å²) in [7, 11) is 0. The molecule has 8 heteroatoms. The summed E-state index contributed by atoms with van der Waals surface area (Å²) >= 11 is 2.97. The number of benzene rings is 4. The summed E-state index contributed by atoms with van der Waals surface area (Å²) in [6.45, 7) is 0. The molecule has 0 fully saturated rings. The summed E-state index contributed by atoms with van der Waals surface area (Å²) in [6, 6.07) is 38.9. The fourth-order valence-electron chi connectivity index (χ4n) is 5.95. The number of carbonyl (C=O) groups excluding carboxylic acids is 2. The molecule has 4 aromatic heterocycles. The number of pyridine rings is 2. The Morgan fingerprint density at radius 1 is 0.479 bits per heavy atom. The number of carbonyl (C=O) groups is 2. The first-order valence-electron chi connectivity index (χ1n) is 15.3. The highest BCUT2D eigenvalue weighted by Crippen LogP contribution is 2.45. The number of aromatic nitrogens is 2. The third-order valence-electron chi connectivity index (χ3n) is 8.16. The molecule has 8 aromatic rings. The van der Waals surface area contributed by atoms with Crippen LogP contribution in [0.5, 0.6) is 0 Å². The molecule has 6 nitrogen and oxygen atoms in total. The number of anilines is 2. The van der Waals surface area contributed by atoms with Gasteiger partial charge in [0.05, 0.1) is 33.5 Å². The van der Waals surface area contributed by atoms with E-state index in [0.717, 1.165) is 31.7 Å². The molecule has 48 heavy (non-hydrogen) atoms. The van der Waals surface area contributed by atoms with E-state index in [2.05, 4.69) is 20.6 Å². The van der Waals surface area contributed by atoms with E-state index in [4.69, 9.17) is 0 Å². The summed E-state index contributed by atoms with van der Waals surface area (Å²) in [6.07, 6.45) is 3.44. The Morgan fingerprint density at radius 2 is 0.896 bits per heavy atom. The van der Waals surface area contributed by atoms with Gasteiger partial charge in [0, 0.05) is 54.8 Å². The van der Waals surface area contributed by atoms with Crippen LogP contribution in [0.15, 0.2) is 144 Å². The highest BCUT2D eigenvalue weighted by Gasteiger charge is 2.28. The molecule has 0 radical (unpaired) electrons. The number of fused-ring (bicyclic) bond motifs is 2. The van der Waals surface area contributed by atoms with Gasteiger partial charge < -0.3 is 10.6 Å². The van der Waals surface area contributed by atoms with Crippen LogP contribution >= 0.6 is 22.7 Å². The number of amides is 2. The van der Waals surface area contributed by atoms with Crippen LogP contribution < -0.4 is 10.6 Å². The average Bonchev–Trinajstić information content (AvgIpc) is 3.78. The normalized spacial score (nSPS) is 11.1. The van der Waals surface area contributed by atoms with Gasteiger partial charge in [-0.1, -0.05) is 97.1 Å². The van der Waals surface area contributed by atoms with Crippen molar-refractivity contribution in [2.24, 2.45) is 0 Å². The second-order valence-electron chi connectivity index (χ2n) is 11.1. The first-order chi connectivity index (χ1) is 23.7. The largest absolute Gasteiger partial charge is 0.320 e.